The van der Waals surface area contributed by atoms with Gasteiger partial charge in [0.15, 0.2) is 5.76 Å². The van der Waals surface area contributed by atoms with E-state index in [4.69, 9.17) is 16.3 Å². The van der Waals surface area contributed by atoms with Gasteiger partial charge in [-0.25, -0.2) is 0 Å². The van der Waals surface area contributed by atoms with Gasteiger partial charge in [-0.05, 0) is 16.3 Å². The highest BCUT2D eigenvalue weighted by Crippen LogP contribution is 2.38. The Balaban J connectivity index is 2.21. The second-order valence-corrected chi connectivity index (χ2v) is 5.02. The molecule has 0 aliphatic heterocycles. The summed E-state index contributed by atoms with van der Waals surface area (Å²) in [6, 6.07) is 12.1. The molecule has 0 fully saturated rings. The Kier molecular flexibility index (Phi) is 3.03. The molecular formula is C16H13ClO2. The Labute approximate surface area is 116 Å². The van der Waals surface area contributed by atoms with E-state index in [2.05, 4.69) is 18.2 Å². The Morgan fingerprint density at radius 3 is 2.74 bits per heavy atom. The number of allylic oxidation sites excluding steroid dienone is 1. The van der Waals surface area contributed by atoms with Crippen molar-refractivity contribution in [3.8, 4) is 0 Å². The van der Waals surface area contributed by atoms with Crippen molar-refractivity contribution in [2.75, 3.05) is 0 Å². The van der Waals surface area contributed by atoms with Gasteiger partial charge < -0.3 is 4.74 Å². The first-order chi connectivity index (χ1) is 9.20. The summed E-state index contributed by atoms with van der Waals surface area (Å²) in [4.78, 5) is 11.5. The van der Waals surface area contributed by atoms with Crippen LogP contribution >= 0.6 is 11.6 Å². The van der Waals surface area contributed by atoms with Crippen LogP contribution in [0, 0.1) is 0 Å². The molecule has 0 spiro atoms. The molecule has 96 valence electrons. The van der Waals surface area contributed by atoms with Gasteiger partial charge in [-0.15, -0.1) is 0 Å². The third-order valence-corrected chi connectivity index (χ3v) is 3.64. The van der Waals surface area contributed by atoms with Crippen LogP contribution in [-0.2, 0) is 16.0 Å². The van der Waals surface area contributed by atoms with Crippen LogP contribution in [0.25, 0.3) is 16.5 Å². The summed E-state index contributed by atoms with van der Waals surface area (Å²) in [6.07, 6.45) is 0.952. The van der Waals surface area contributed by atoms with E-state index in [1.807, 2.05) is 18.2 Å². The number of benzene rings is 2. The van der Waals surface area contributed by atoms with E-state index >= 15 is 0 Å². The number of hydrogen-bond acceptors (Lipinski definition) is 2. The molecule has 3 rings (SSSR count). The minimum atomic E-state index is -0.260. The number of carbonyl (C=O) groups is 1. The molecular weight excluding hydrogens is 260 g/mol. The van der Waals surface area contributed by atoms with E-state index in [1.54, 1.807) is 6.92 Å². The molecule has 0 N–H and O–H groups in total. The molecule has 2 nitrogen and oxygen atoms in total. The maximum Gasteiger partial charge on any atom is 0.310 e. The SMILES string of the molecule is CCC(=O)OC1=C(Cl)Cc2cccc3cccc1c23. The van der Waals surface area contributed by atoms with Crippen LogP contribution in [-0.4, -0.2) is 5.97 Å². The minimum absolute atomic E-state index is 0.260. The van der Waals surface area contributed by atoms with Crippen LogP contribution in [0.5, 0.6) is 0 Å². The summed E-state index contributed by atoms with van der Waals surface area (Å²) in [5, 5.41) is 2.87. The van der Waals surface area contributed by atoms with E-state index in [0.717, 1.165) is 16.3 Å². The van der Waals surface area contributed by atoms with Crippen LogP contribution in [0.3, 0.4) is 0 Å². The monoisotopic (exact) mass is 272 g/mol. The summed E-state index contributed by atoms with van der Waals surface area (Å²) < 4.78 is 5.41. The molecule has 0 bridgehead atoms. The summed E-state index contributed by atoms with van der Waals surface area (Å²) in [7, 11) is 0. The van der Waals surface area contributed by atoms with Gasteiger partial charge in [-0.1, -0.05) is 54.9 Å². The van der Waals surface area contributed by atoms with Gasteiger partial charge >= 0.3 is 5.97 Å². The molecule has 0 radical (unpaired) electrons. The fourth-order valence-electron chi connectivity index (χ4n) is 2.45. The van der Waals surface area contributed by atoms with Gasteiger partial charge in [0, 0.05) is 18.4 Å². The van der Waals surface area contributed by atoms with Crippen LogP contribution in [0.4, 0.5) is 0 Å². The average Bonchev–Trinajstić information content (AvgIpc) is 2.43. The molecule has 19 heavy (non-hydrogen) atoms. The third kappa shape index (κ3) is 2.02. The van der Waals surface area contributed by atoms with Crippen molar-refractivity contribution >= 4 is 34.1 Å². The quantitative estimate of drug-likeness (QED) is 0.764. The van der Waals surface area contributed by atoms with Gasteiger partial charge in [0.1, 0.15) is 0 Å². The number of carbonyl (C=O) groups excluding carboxylic acids is 1. The first-order valence-electron chi connectivity index (χ1n) is 6.31. The van der Waals surface area contributed by atoms with Crippen molar-refractivity contribution in [3.05, 3.63) is 52.6 Å². The zero-order chi connectivity index (χ0) is 13.4. The van der Waals surface area contributed by atoms with Crippen LogP contribution < -0.4 is 0 Å². The van der Waals surface area contributed by atoms with Gasteiger partial charge in [0.25, 0.3) is 0 Å². The van der Waals surface area contributed by atoms with E-state index in [-0.39, 0.29) is 5.97 Å². The van der Waals surface area contributed by atoms with Crippen molar-refractivity contribution in [3.63, 3.8) is 0 Å². The van der Waals surface area contributed by atoms with Gasteiger partial charge in [-0.2, -0.15) is 0 Å². The average molecular weight is 273 g/mol. The summed E-state index contributed by atoms with van der Waals surface area (Å²) in [5.74, 6) is 0.252. The van der Waals surface area contributed by atoms with Crippen LogP contribution in [0.2, 0.25) is 0 Å². The first kappa shape index (κ1) is 12.2. The zero-order valence-electron chi connectivity index (χ0n) is 10.6. The Hall–Kier alpha value is -1.80. The lowest BCUT2D eigenvalue weighted by Gasteiger charge is -2.20. The Morgan fingerprint density at radius 1 is 1.26 bits per heavy atom. The highest BCUT2D eigenvalue weighted by Gasteiger charge is 2.22. The number of halogens is 1. The Morgan fingerprint density at radius 2 is 2.00 bits per heavy atom. The molecule has 1 aliphatic rings. The largest absolute Gasteiger partial charge is 0.425 e. The van der Waals surface area contributed by atoms with Crippen LogP contribution in [0.1, 0.15) is 24.5 Å². The molecule has 2 aromatic rings. The highest BCUT2D eigenvalue weighted by atomic mass is 35.5. The summed E-state index contributed by atoms with van der Waals surface area (Å²) in [5.41, 5.74) is 2.08. The predicted octanol–water partition coefficient (Wildman–Crippen LogP) is 4.26. The third-order valence-electron chi connectivity index (χ3n) is 3.33. The van der Waals surface area contributed by atoms with E-state index in [0.29, 0.717) is 23.6 Å². The second-order valence-electron chi connectivity index (χ2n) is 4.56. The van der Waals surface area contributed by atoms with E-state index in [1.165, 1.54) is 5.56 Å². The minimum Gasteiger partial charge on any atom is -0.425 e. The predicted molar refractivity (Wildman–Crippen MR) is 76.8 cm³/mol. The molecule has 0 heterocycles. The molecule has 0 saturated heterocycles. The molecule has 0 atom stereocenters. The molecule has 0 aromatic heterocycles. The van der Waals surface area contributed by atoms with Gasteiger partial charge in [0.05, 0.1) is 5.03 Å². The van der Waals surface area contributed by atoms with Crippen molar-refractivity contribution in [1.82, 2.24) is 0 Å². The number of esters is 1. The van der Waals surface area contributed by atoms with Crippen LogP contribution in [0.15, 0.2) is 41.4 Å². The second kappa shape index (κ2) is 4.71. The fraction of sp³-hybridized carbons (Fsp3) is 0.188. The maximum absolute atomic E-state index is 11.5. The van der Waals surface area contributed by atoms with Crippen molar-refractivity contribution in [2.24, 2.45) is 0 Å². The summed E-state index contributed by atoms with van der Waals surface area (Å²) in [6.45, 7) is 1.77. The number of hydrogen-bond donors (Lipinski definition) is 0. The molecule has 0 unspecified atom stereocenters. The standard InChI is InChI=1S/C16H13ClO2/c1-2-14(18)19-16-12-8-4-6-10-5-3-7-11(15(10)12)9-13(16)17/h3-8H,2,9H2,1H3. The van der Waals surface area contributed by atoms with E-state index < -0.39 is 0 Å². The van der Waals surface area contributed by atoms with Crippen molar-refractivity contribution < 1.29 is 9.53 Å². The van der Waals surface area contributed by atoms with Gasteiger partial charge in [-0.3, -0.25) is 4.79 Å². The lowest BCUT2D eigenvalue weighted by atomic mass is 9.92. The van der Waals surface area contributed by atoms with E-state index in [9.17, 15) is 4.79 Å². The molecule has 3 heteroatoms. The Bertz CT molecular complexity index is 696. The van der Waals surface area contributed by atoms with Crippen molar-refractivity contribution in [2.45, 2.75) is 19.8 Å². The molecule has 1 aliphatic carbocycles. The lowest BCUT2D eigenvalue weighted by molar-refractivity contribution is -0.136. The molecule has 2 aromatic carbocycles. The van der Waals surface area contributed by atoms with Crippen molar-refractivity contribution in [1.29, 1.82) is 0 Å². The summed E-state index contributed by atoms with van der Waals surface area (Å²) >= 11 is 6.30. The topological polar surface area (TPSA) is 26.3 Å². The number of rotatable bonds is 2. The zero-order valence-corrected chi connectivity index (χ0v) is 11.3. The normalized spacial score (nSPS) is 13.8. The molecule has 0 amide bonds. The number of ether oxygens (including phenoxy) is 1. The van der Waals surface area contributed by atoms with Gasteiger partial charge in [0.2, 0.25) is 0 Å². The highest BCUT2D eigenvalue weighted by molar-refractivity contribution is 6.33. The lowest BCUT2D eigenvalue weighted by Crippen LogP contribution is -2.08. The maximum atomic E-state index is 11.5. The smallest absolute Gasteiger partial charge is 0.310 e. The first-order valence-corrected chi connectivity index (χ1v) is 6.69. The fourth-order valence-corrected chi connectivity index (χ4v) is 2.73. The molecule has 0 saturated carbocycles.